The summed E-state index contributed by atoms with van der Waals surface area (Å²) in [6.45, 7) is 5.17. The molecular formula is C15H20N2O4S. The smallest absolute Gasteiger partial charge is 0.408 e. The summed E-state index contributed by atoms with van der Waals surface area (Å²) in [4.78, 5) is 34.3. The zero-order valence-corrected chi connectivity index (χ0v) is 13.6. The first-order chi connectivity index (χ1) is 10.1. The number of hydrogen-bond acceptors (Lipinski definition) is 4. The number of nitrogens with two attached hydrogens (primary N) is 1. The number of hydrogen-bond donors (Lipinski definition) is 3. The molecular weight excluding hydrogens is 304 g/mol. The van der Waals surface area contributed by atoms with Gasteiger partial charge in [0.2, 0.25) is 11.0 Å². The van der Waals surface area contributed by atoms with Gasteiger partial charge < -0.3 is 15.8 Å². The number of rotatable bonds is 5. The standard InChI is InChI=1S/C15H20N2O4S/c1-15(2,3)21-14(20)17-12(13(19)22)10-6-4-9(5-7-10)8-11(16)18/h4-7,12H,8H2,1-3H3,(H2,16,18)(H,17,20)(H,19,22)/t12-/m1/s1. The van der Waals surface area contributed by atoms with Gasteiger partial charge in [-0.1, -0.05) is 24.3 Å². The summed E-state index contributed by atoms with van der Waals surface area (Å²) >= 11 is 3.79. The quantitative estimate of drug-likeness (QED) is 0.718. The molecule has 0 radical (unpaired) electrons. The Bertz CT molecular complexity index is 564. The highest BCUT2D eigenvalue weighted by atomic mass is 32.1. The van der Waals surface area contributed by atoms with Crippen LogP contribution >= 0.6 is 12.6 Å². The maximum Gasteiger partial charge on any atom is 0.408 e. The normalized spacial score (nSPS) is 12.4. The van der Waals surface area contributed by atoms with E-state index in [2.05, 4.69) is 17.9 Å². The van der Waals surface area contributed by atoms with Crippen molar-refractivity contribution in [1.82, 2.24) is 5.32 Å². The highest BCUT2D eigenvalue weighted by Gasteiger charge is 2.23. The Hall–Kier alpha value is -2.02. The van der Waals surface area contributed by atoms with Crippen LogP contribution in [0.25, 0.3) is 0 Å². The highest BCUT2D eigenvalue weighted by molar-refractivity contribution is 7.96. The molecule has 1 aromatic carbocycles. The van der Waals surface area contributed by atoms with Crippen molar-refractivity contribution in [1.29, 1.82) is 0 Å². The number of ether oxygens (including phenoxy) is 1. The predicted octanol–water partition coefficient (Wildman–Crippen LogP) is 1.74. The van der Waals surface area contributed by atoms with Gasteiger partial charge in [-0.15, -0.1) is 12.6 Å². The monoisotopic (exact) mass is 324 g/mol. The Morgan fingerprint density at radius 2 is 1.77 bits per heavy atom. The topological polar surface area (TPSA) is 98.5 Å². The summed E-state index contributed by atoms with van der Waals surface area (Å²) in [6, 6.07) is 5.67. The van der Waals surface area contributed by atoms with Gasteiger partial charge in [-0.2, -0.15) is 0 Å². The number of nitrogens with one attached hydrogen (secondary N) is 1. The minimum atomic E-state index is -0.930. The predicted molar refractivity (Wildman–Crippen MR) is 85.4 cm³/mol. The van der Waals surface area contributed by atoms with Crippen molar-refractivity contribution in [3.63, 3.8) is 0 Å². The van der Waals surface area contributed by atoms with Crippen LogP contribution in [0.2, 0.25) is 0 Å². The van der Waals surface area contributed by atoms with Crippen LogP contribution in [-0.2, 0) is 20.7 Å². The summed E-state index contributed by atoms with van der Waals surface area (Å²) < 4.78 is 5.12. The zero-order chi connectivity index (χ0) is 16.9. The van der Waals surface area contributed by atoms with Crippen molar-refractivity contribution >= 4 is 29.7 Å². The van der Waals surface area contributed by atoms with Crippen molar-refractivity contribution < 1.29 is 19.1 Å². The lowest BCUT2D eigenvalue weighted by molar-refractivity contribution is -0.117. The Balaban J connectivity index is 2.85. The molecule has 0 saturated heterocycles. The molecule has 22 heavy (non-hydrogen) atoms. The third-order valence-corrected chi connectivity index (χ3v) is 2.86. The third-order valence-electron chi connectivity index (χ3n) is 2.60. The molecule has 0 aliphatic rings. The van der Waals surface area contributed by atoms with E-state index in [9.17, 15) is 14.4 Å². The molecule has 0 spiro atoms. The molecule has 3 N–H and O–H groups in total. The van der Waals surface area contributed by atoms with Gasteiger partial charge in [0.05, 0.1) is 6.42 Å². The van der Waals surface area contributed by atoms with E-state index < -0.39 is 28.8 Å². The number of carbonyl (C=O) groups is 3. The van der Waals surface area contributed by atoms with Crippen LogP contribution in [0.3, 0.4) is 0 Å². The first-order valence-electron chi connectivity index (χ1n) is 6.68. The molecule has 0 unspecified atom stereocenters. The number of alkyl carbamates (subject to hydrolysis) is 1. The Kier molecular flexibility index (Phi) is 5.99. The average Bonchev–Trinajstić information content (AvgIpc) is 2.34. The van der Waals surface area contributed by atoms with E-state index in [0.29, 0.717) is 5.56 Å². The van der Waals surface area contributed by atoms with E-state index in [1.807, 2.05) is 0 Å². The fraction of sp³-hybridized carbons (Fsp3) is 0.400. The SMILES string of the molecule is CC(C)(C)OC(=O)N[C@@H](C(=O)S)c1ccc(CC(N)=O)cc1. The summed E-state index contributed by atoms with van der Waals surface area (Å²) in [6.07, 6.45) is -0.597. The molecule has 0 saturated carbocycles. The van der Waals surface area contributed by atoms with E-state index in [-0.39, 0.29) is 6.42 Å². The minimum Gasteiger partial charge on any atom is -0.444 e. The van der Waals surface area contributed by atoms with Crippen LogP contribution in [0.5, 0.6) is 0 Å². The first-order valence-corrected chi connectivity index (χ1v) is 7.12. The van der Waals surface area contributed by atoms with Crippen molar-refractivity contribution in [2.24, 2.45) is 5.73 Å². The molecule has 0 bridgehead atoms. The molecule has 1 aromatic rings. The molecule has 0 fully saturated rings. The van der Waals surface area contributed by atoms with Gasteiger partial charge in [-0.3, -0.25) is 9.59 Å². The van der Waals surface area contributed by atoms with Gasteiger partial charge in [0.15, 0.2) is 0 Å². The third kappa shape index (κ3) is 6.17. The van der Waals surface area contributed by atoms with Crippen LogP contribution in [-0.4, -0.2) is 22.7 Å². The largest absolute Gasteiger partial charge is 0.444 e. The molecule has 0 aromatic heterocycles. The Morgan fingerprint density at radius 3 is 2.18 bits per heavy atom. The minimum absolute atomic E-state index is 0.110. The lowest BCUT2D eigenvalue weighted by Crippen LogP contribution is -2.37. The highest BCUT2D eigenvalue weighted by Crippen LogP contribution is 2.18. The molecule has 0 aliphatic heterocycles. The maximum absolute atomic E-state index is 11.8. The number of amides is 2. The summed E-state index contributed by atoms with van der Waals surface area (Å²) in [5.74, 6) is -0.443. The van der Waals surface area contributed by atoms with Crippen LogP contribution in [0, 0.1) is 0 Å². The summed E-state index contributed by atoms with van der Waals surface area (Å²) in [7, 11) is 0. The van der Waals surface area contributed by atoms with E-state index in [1.165, 1.54) is 0 Å². The van der Waals surface area contributed by atoms with Crippen LogP contribution in [0.1, 0.15) is 37.9 Å². The van der Waals surface area contributed by atoms with E-state index in [1.54, 1.807) is 45.0 Å². The molecule has 1 rings (SSSR count). The molecule has 0 heterocycles. The van der Waals surface area contributed by atoms with Gasteiger partial charge in [0, 0.05) is 0 Å². The van der Waals surface area contributed by atoms with Crippen molar-refractivity contribution in [3.05, 3.63) is 35.4 Å². The Morgan fingerprint density at radius 1 is 1.23 bits per heavy atom. The molecule has 0 aliphatic carbocycles. The second-order valence-corrected chi connectivity index (χ2v) is 6.24. The maximum atomic E-state index is 11.8. The number of benzene rings is 1. The molecule has 6 nitrogen and oxygen atoms in total. The van der Waals surface area contributed by atoms with Crippen LogP contribution < -0.4 is 11.1 Å². The van der Waals surface area contributed by atoms with E-state index in [0.717, 1.165) is 5.56 Å². The lowest BCUT2D eigenvalue weighted by atomic mass is 10.0. The van der Waals surface area contributed by atoms with Crippen LogP contribution in [0.4, 0.5) is 4.79 Å². The van der Waals surface area contributed by atoms with Gasteiger partial charge >= 0.3 is 6.09 Å². The van der Waals surface area contributed by atoms with E-state index in [4.69, 9.17) is 10.5 Å². The van der Waals surface area contributed by atoms with Gasteiger partial charge in [-0.05, 0) is 31.9 Å². The molecule has 2 amide bonds. The lowest BCUT2D eigenvalue weighted by Gasteiger charge is -2.22. The van der Waals surface area contributed by atoms with Gasteiger partial charge in [0.25, 0.3) is 0 Å². The number of carbonyl (C=O) groups excluding carboxylic acids is 3. The first kappa shape index (κ1) is 18.0. The number of primary amides is 1. The second-order valence-electron chi connectivity index (χ2n) is 5.80. The zero-order valence-electron chi connectivity index (χ0n) is 12.8. The molecule has 1 atom stereocenters. The fourth-order valence-corrected chi connectivity index (χ4v) is 1.96. The van der Waals surface area contributed by atoms with Crippen LogP contribution in [0.15, 0.2) is 24.3 Å². The Labute approximate surface area is 134 Å². The van der Waals surface area contributed by atoms with Crippen molar-refractivity contribution in [3.8, 4) is 0 Å². The second kappa shape index (κ2) is 7.31. The molecule has 7 heteroatoms. The fourth-order valence-electron chi connectivity index (χ4n) is 1.74. The van der Waals surface area contributed by atoms with Crippen molar-refractivity contribution in [2.75, 3.05) is 0 Å². The summed E-state index contributed by atoms with van der Waals surface area (Å²) in [5.41, 5.74) is 5.71. The van der Waals surface area contributed by atoms with E-state index >= 15 is 0 Å². The van der Waals surface area contributed by atoms with Gasteiger partial charge in [-0.25, -0.2) is 4.79 Å². The summed E-state index contributed by atoms with van der Waals surface area (Å²) in [5, 5.41) is 1.95. The molecule has 120 valence electrons. The van der Waals surface area contributed by atoms with Crippen molar-refractivity contribution in [2.45, 2.75) is 38.8 Å². The number of thiol groups is 1. The average molecular weight is 324 g/mol. The van der Waals surface area contributed by atoms with Gasteiger partial charge in [0.1, 0.15) is 11.6 Å².